The van der Waals surface area contributed by atoms with Gasteiger partial charge in [0.05, 0.1) is 0 Å². The zero-order valence-electron chi connectivity index (χ0n) is 8.60. The molecule has 0 heterocycles. The minimum atomic E-state index is 0.541. The summed E-state index contributed by atoms with van der Waals surface area (Å²) < 4.78 is 0.541. The van der Waals surface area contributed by atoms with Crippen LogP contribution in [-0.4, -0.2) is 28.5 Å². The van der Waals surface area contributed by atoms with Gasteiger partial charge < -0.3 is 4.90 Å². The summed E-state index contributed by atoms with van der Waals surface area (Å²) in [5, 5.41) is 0. The highest BCUT2D eigenvalue weighted by atomic mass is 127. The fourth-order valence-electron chi connectivity index (χ4n) is 2.15. The Morgan fingerprint density at radius 3 is 2.42 bits per heavy atom. The van der Waals surface area contributed by atoms with Gasteiger partial charge in [-0.25, -0.2) is 0 Å². The quantitative estimate of drug-likeness (QED) is 0.527. The van der Waals surface area contributed by atoms with Crippen LogP contribution in [0.4, 0.5) is 0 Å². The van der Waals surface area contributed by atoms with Gasteiger partial charge >= 0.3 is 0 Å². The van der Waals surface area contributed by atoms with Gasteiger partial charge in [0, 0.05) is 9.46 Å². The van der Waals surface area contributed by atoms with Crippen molar-refractivity contribution in [1.29, 1.82) is 0 Å². The first-order valence-corrected chi connectivity index (χ1v) is 5.85. The van der Waals surface area contributed by atoms with E-state index in [1.54, 1.807) is 0 Å². The lowest BCUT2D eigenvalue weighted by atomic mass is 9.79. The van der Waals surface area contributed by atoms with E-state index in [9.17, 15) is 0 Å². The topological polar surface area (TPSA) is 3.24 Å². The van der Waals surface area contributed by atoms with Crippen molar-refractivity contribution in [2.45, 2.75) is 42.6 Å². The van der Waals surface area contributed by atoms with E-state index in [1.165, 1.54) is 19.3 Å². The molecule has 0 aromatic carbocycles. The molecule has 0 saturated heterocycles. The Kier molecular flexibility index (Phi) is 3.43. The first-order chi connectivity index (χ1) is 5.42. The molecule has 3 atom stereocenters. The minimum Gasteiger partial charge on any atom is -0.306 e. The van der Waals surface area contributed by atoms with Gasteiger partial charge in [-0.15, -0.1) is 0 Å². The molecular weight excluding hydrogens is 261 g/mol. The molecule has 1 saturated carbocycles. The van der Waals surface area contributed by atoms with Gasteiger partial charge in [0.1, 0.15) is 0 Å². The van der Waals surface area contributed by atoms with E-state index in [1.807, 2.05) is 0 Å². The van der Waals surface area contributed by atoms with Gasteiger partial charge in [0.2, 0.25) is 0 Å². The fraction of sp³-hybridized carbons (Fsp3) is 1.00. The number of alkyl halides is 1. The predicted molar refractivity (Wildman–Crippen MR) is 62.9 cm³/mol. The van der Waals surface area contributed by atoms with E-state index in [0.717, 1.165) is 12.0 Å². The maximum absolute atomic E-state index is 2.62. The van der Waals surface area contributed by atoms with Crippen LogP contribution in [0.1, 0.15) is 33.1 Å². The van der Waals surface area contributed by atoms with Crippen LogP contribution in [0.3, 0.4) is 0 Å². The van der Waals surface area contributed by atoms with Crippen LogP contribution >= 0.6 is 22.6 Å². The van der Waals surface area contributed by atoms with Crippen LogP contribution in [0.5, 0.6) is 0 Å². The third-order valence-corrected chi connectivity index (χ3v) is 4.06. The van der Waals surface area contributed by atoms with E-state index in [-0.39, 0.29) is 0 Å². The zero-order valence-corrected chi connectivity index (χ0v) is 10.8. The third kappa shape index (κ3) is 2.59. The molecule has 0 N–H and O–H groups in total. The number of hydrogen-bond donors (Lipinski definition) is 0. The van der Waals surface area contributed by atoms with Crippen molar-refractivity contribution >= 4 is 22.6 Å². The maximum Gasteiger partial charge on any atom is 0.0209 e. The van der Waals surface area contributed by atoms with E-state index >= 15 is 0 Å². The summed E-state index contributed by atoms with van der Waals surface area (Å²) in [5.41, 5.74) is 0. The predicted octanol–water partition coefficient (Wildman–Crippen LogP) is 2.93. The highest BCUT2D eigenvalue weighted by Gasteiger charge is 2.34. The van der Waals surface area contributed by atoms with Crippen molar-refractivity contribution in [2.24, 2.45) is 5.92 Å². The van der Waals surface area contributed by atoms with Crippen molar-refractivity contribution in [2.75, 3.05) is 14.1 Å². The molecule has 0 spiro atoms. The first-order valence-electron chi connectivity index (χ1n) is 4.78. The smallest absolute Gasteiger partial charge is 0.0209 e. The summed E-state index contributed by atoms with van der Waals surface area (Å²) in [5.74, 6) is 0.878. The zero-order chi connectivity index (χ0) is 9.35. The van der Waals surface area contributed by atoms with E-state index in [0.29, 0.717) is 3.42 Å². The van der Waals surface area contributed by atoms with Crippen molar-refractivity contribution < 1.29 is 0 Å². The summed E-state index contributed by atoms with van der Waals surface area (Å²) in [7, 11) is 4.42. The Balaban J connectivity index is 2.59. The van der Waals surface area contributed by atoms with Crippen molar-refractivity contribution in [3.63, 3.8) is 0 Å². The number of rotatable bonds is 1. The lowest BCUT2D eigenvalue weighted by molar-refractivity contribution is 0.153. The molecule has 0 amide bonds. The second kappa shape index (κ2) is 3.82. The molecule has 0 aliphatic heterocycles. The SMILES string of the molecule is C[C@H]1CC[C@](C)(I)CC1N(C)C. The third-order valence-electron chi connectivity index (χ3n) is 3.08. The molecule has 0 radical (unpaired) electrons. The average molecular weight is 281 g/mol. The number of halogens is 1. The van der Waals surface area contributed by atoms with Gasteiger partial charge in [-0.2, -0.15) is 0 Å². The molecule has 1 nitrogen and oxygen atoms in total. The first kappa shape index (κ1) is 10.8. The van der Waals surface area contributed by atoms with Gasteiger partial charge in [0.25, 0.3) is 0 Å². The highest BCUT2D eigenvalue weighted by Crippen LogP contribution is 2.39. The standard InChI is InChI=1S/C10H20IN/c1-8-5-6-10(2,11)7-9(8)12(3)4/h8-9H,5-7H2,1-4H3/t8-,9?,10-/m0/s1. The lowest BCUT2D eigenvalue weighted by Crippen LogP contribution is -2.43. The minimum absolute atomic E-state index is 0.541. The molecule has 12 heavy (non-hydrogen) atoms. The second-order valence-electron chi connectivity index (χ2n) is 4.66. The van der Waals surface area contributed by atoms with Gasteiger partial charge in [-0.05, 0) is 39.3 Å². The van der Waals surface area contributed by atoms with Gasteiger partial charge in [-0.3, -0.25) is 0 Å². The molecule has 1 rings (SSSR count). The normalized spacial score (nSPS) is 43.5. The fourth-order valence-corrected chi connectivity index (χ4v) is 2.91. The molecule has 1 fully saturated rings. The summed E-state index contributed by atoms with van der Waals surface area (Å²) >= 11 is 2.62. The molecule has 1 aliphatic rings. The van der Waals surface area contributed by atoms with Crippen molar-refractivity contribution in [3.05, 3.63) is 0 Å². The molecular formula is C10H20IN. The van der Waals surface area contributed by atoms with Gasteiger partial charge in [-0.1, -0.05) is 36.4 Å². The number of nitrogens with zero attached hydrogens (tertiary/aromatic N) is 1. The molecule has 0 aromatic heterocycles. The van der Waals surface area contributed by atoms with Crippen LogP contribution < -0.4 is 0 Å². The Morgan fingerprint density at radius 1 is 1.42 bits per heavy atom. The van der Waals surface area contributed by atoms with E-state index in [2.05, 4.69) is 55.4 Å². The Labute approximate surface area is 90.0 Å². The number of hydrogen-bond acceptors (Lipinski definition) is 1. The van der Waals surface area contributed by atoms with Crippen molar-refractivity contribution in [3.8, 4) is 0 Å². The summed E-state index contributed by atoms with van der Waals surface area (Å²) in [6.07, 6.45) is 4.13. The van der Waals surface area contributed by atoms with Crippen LogP contribution in [0, 0.1) is 5.92 Å². The molecule has 0 aromatic rings. The Bertz CT molecular complexity index is 154. The van der Waals surface area contributed by atoms with Crippen LogP contribution in [0.2, 0.25) is 0 Å². The van der Waals surface area contributed by atoms with Crippen LogP contribution in [-0.2, 0) is 0 Å². The second-order valence-corrected chi connectivity index (χ2v) is 7.27. The lowest BCUT2D eigenvalue weighted by Gasteiger charge is -2.41. The Morgan fingerprint density at radius 2 is 2.00 bits per heavy atom. The molecule has 1 unspecified atom stereocenters. The van der Waals surface area contributed by atoms with E-state index < -0.39 is 0 Å². The highest BCUT2D eigenvalue weighted by molar-refractivity contribution is 14.1. The summed E-state index contributed by atoms with van der Waals surface area (Å²) in [6, 6.07) is 0.792. The molecule has 2 heteroatoms. The summed E-state index contributed by atoms with van der Waals surface area (Å²) in [6.45, 7) is 4.77. The molecule has 72 valence electrons. The van der Waals surface area contributed by atoms with Crippen LogP contribution in [0.15, 0.2) is 0 Å². The average Bonchev–Trinajstić information content (AvgIpc) is 1.94. The van der Waals surface area contributed by atoms with E-state index in [4.69, 9.17) is 0 Å². The van der Waals surface area contributed by atoms with Gasteiger partial charge in [0.15, 0.2) is 0 Å². The maximum atomic E-state index is 2.62. The molecule has 1 aliphatic carbocycles. The summed E-state index contributed by atoms with van der Waals surface area (Å²) in [4.78, 5) is 2.39. The largest absolute Gasteiger partial charge is 0.306 e. The van der Waals surface area contributed by atoms with Crippen LogP contribution in [0.25, 0.3) is 0 Å². The molecule has 0 bridgehead atoms. The monoisotopic (exact) mass is 281 g/mol. The Hall–Kier alpha value is 0.690. The van der Waals surface area contributed by atoms with Crippen molar-refractivity contribution in [1.82, 2.24) is 4.90 Å².